The smallest absolute Gasteiger partial charge is 0.326 e. The molecular formula is C19H19ClN4O5S2. The Kier molecular flexibility index (Phi) is 7.88. The molecule has 9 nitrogen and oxygen atoms in total. The van der Waals surface area contributed by atoms with Gasteiger partial charge in [-0.15, -0.1) is 11.8 Å². The fourth-order valence-electron chi connectivity index (χ4n) is 2.60. The van der Waals surface area contributed by atoms with Crippen molar-refractivity contribution < 1.29 is 23.6 Å². The first-order chi connectivity index (χ1) is 14.9. The number of hydrogen-bond acceptors (Lipinski definition) is 8. The van der Waals surface area contributed by atoms with Gasteiger partial charge in [-0.2, -0.15) is 4.99 Å². The van der Waals surface area contributed by atoms with Crippen molar-refractivity contribution in [2.45, 2.75) is 20.4 Å². The lowest BCUT2D eigenvalue weighted by Crippen LogP contribution is -2.23. The molecule has 12 heteroatoms. The second-order valence-corrected chi connectivity index (χ2v) is 8.69. The zero-order chi connectivity index (χ0) is 22.4. The van der Waals surface area contributed by atoms with E-state index in [2.05, 4.69) is 15.5 Å². The van der Waals surface area contributed by atoms with E-state index in [1.807, 2.05) is 0 Å². The summed E-state index contributed by atoms with van der Waals surface area (Å²) in [6.45, 7) is 3.62. The average Bonchev–Trinajstić information content (AvgIpc) is 3.24. The Labute approximate surface area is 190 Å². The van der Waals surface area contributed by atoms with Crippen LogP contribution in [0.5, 0.6) is 0 Å². The molecule has 0 aliphatic heterocycles. The lowest BCUT2D eigenvalue weighted by Gasteiger charge is -2.05. The number of rotatable bonds is 8. The van der Waals surface area contributed by atoms with E-state index in [0.717, 1.165) is 22.0 Å². The van der Waals surface area contributed by atoms with Gasteiger partial charge in [0.05, 0.1) is 28.3 Å². The van der Waals surface area contributed by atoms with Crippen molar-refractivity contribution in [3.63, 3.8) is 0 Å². The number of aromatic nitrogens is 2. The first-order valence-electron chi connectivity index (χ1n) is 9.18. The Morgan fingerprint density at radius 2 is 2.13 bits per heavy atom. The molecule has 1 N–H and O–H groups in total. The number of fused-ring (bicyclic) bond motifs is 1. The van der Waals surface area contributed by atoms with Crippen molar-refractivity contribution in [3.8, 4) is 0 Å². The first-order valence-corrected chi connectivity index (χ1v) is 11.5. The van der Waals surface area contributed by atoms with Gasteiger partial charge in [0.2, 0.25) is 5.91 Å². The molecule has 0 aliphatic carbocycles. The lowest BCUT2D eigenvalue weighted by molar-refractivity contribution is -0.143. The van der Waals surface area contributed by atoms with Gasteiger partial charge in [-0.3, -0.25) is 14.4 Å². The van der Waals surface area contributed by atoms with E-state index >= 15 is 0 Å². The van der Waals surface area contributed by atoms with Crippen LogP contribution in [0, 0.1) is 6.92 Å². The molecule has 31 heavy (non-hydrogen) atoms. The van der Waals surface area contributed by atoms with Gasteiger partial charge in [-0.25, -0.2) is 0 Å². The third-order valence-corrected chi connectivity index (χ3v) is 6.01. The maximum atomic E-state index is 12.4. The number of carbonyl (C=O) groups excluding carboxylic acids is 3. The highest BCUT2D eigenvalue weighted by Gasteiger charge is 2.13. The van der Waals surface area contributed by atoms with Crippen molar-refractivity contribution in [1.29, 1.82) is 0 Å². The number of nitrogens with zero attached hydrogens (tertiary/aromatic N) is 3. The Hall–Kier alpha value is -2.63. The molecule has 0 saturated heterocycles. The maximum Gasteiger partial charge on any atom is 0.326 e. The molecule has 164 valence electrons. The van der Waals surface area contributed by atoms with Crippen molar-refractivity contribution >= 4 is 68.5 Å². The Morgan fingerprint density at radius 3 is 2.84 bits per heavy atom. The number of benzene rings is 1. The summed E-state index contributed by atoms with van der Waals surface area (Å²) in [7, 11) is 0. The average molecular weight is 483 g/mol. The second-order valence-electron chi connectivity index (χ2n) is 6.26. The fourth-order valence-corrected chi connectivity index (χ4v) is 4.52. The molecule has 0 radical (unpaired) electrons. The maximum absolute atomic E-state index is 12.4. The largest absolute Gasteiger partial charge is 0.465 e. The third-order valence-electron chi connectivity index (χ3n) is 3.81. The fraction of sp³-hybridized carbons (Fsp3) is 0.316. The molecule has 0 aliphatic rings. The van der Waals surface area contributed by atoms with Crippen molar-refractivity contribution in [2.75, 3.05) is 23.4 Å². The summed E-state index contributed by atoms with van der Waals surface area (Å²) in [4.78, 5) is 40.8. The van der Waals surface area contributed by atoms with E-state index in [1.165, 1.54) is 11.3 Å². The predicted octanol–water partition coefficient (Wildman–Crippen LogP) is 3.01. The van der Waals surface area contributed by atoms with Gasteiger partial charge >= 0.3 is 5.97 Å². The highest BCUT2D eigenvalue weighted by atomic mass is 35.5. The minimum atomic E-state index is -0.430. The van der Waals surface area contributed by atoms with Crippen LogP contribution in [0.3, 0.4) is 0 Å². The predicted molar refractivity (Wildman–Crippen MR) is 119 cm³/mol. The number of aryl methyl sites for hydroxylation is 1. The second kappa shape index (κ2) is 10.6. The Morgan fingerprint density at radius 1 is 1.32 bits per heavy atom. The van der Waals surface area contributed by atoms with E-state index in [0.29, 0.717) is 21.4 Å². The molecule has 2 heterocycles. The minimum absolute atomic E-state index is 0.000326. The van der Waals surface area contributed by atoms with Crippen LogP contribution in [-0.2, 0) is 25.7 Å². The van der Waals surface area contributed by atoms with Crippen LogP contribution < -0.4 is 10.1 Å². The number of anilines is 1. The number of halogens is 1. The molecule has 0 bridgehead atoms. The zero-order valence-electron chi connectivity index (χ0n) is 16.7. The number of esters is 1. The highest BCUT2D eigenvalue weighted by Crippen LogP contribution is 2.22. The van der Waals surface area contributed by atoms with Crippen molar-refractivity contribution in [3.05, 3.63) is 39.8 Å². The number of thiazole rings is 1. The van der Waals surface area contributed by atoms with E-state index < -0.39 is 11.9 Å². The summed E-state index contributed by atoms with van der Waals surface area (Å²) in [5, 5.41) is 6.80. The minimum Gasteiger partial charge on any atom is -0.465 e. The molecule has 0 fully saturated rings. The van der Waals surface area contributed by atoms with Crippen LogP contribution in [0.2, 0.25) is 5.02 Å². The monoisotopic (exact) mass is 482 g/mol. The summed E-state index contributed by atoms with van der Waals surface area (Å²) < 4.78 is 12.3. The molecule has 0 atom stereocenters. The van der Waals surface area contributed by atoms with Gasteiger partial charge in [0.1, 0.15) is 12.3 Å². The number of carbonyl (C=O) groups is 3. The van der Waals surface area contributed by atoms with Crippen molar-refractivity contribution in [1.82, 2.24) is 9.72 Å². The lowest BCUT2D eigenvalue weighted by atomic mass is 10.3. The molecular weight excluding hydrogens is 464 g/mol. The van der Waals surface area contributed by atoms with Gasteiger partial charge in [0, 0.05) is 11.1 Å². The molecule has 3 rings (SSSR count). The van der Waals surface area contributed by atoms with Gasteiger partial charge in [-0.05, 0) is 32.0 Å². The number of amides is 2. The molecule has 2 aromatic heterocycles. The number of thioether (sulfide) groups is 1. The summed E-state index contributed by atoms with van der Waals surface area (Å²) in [5.74, 6) is -0.205. The summed E-state index contributed by atoms with van der Waals surface area (Å²) in [5.41, 5.74) is 0.726. The summed E-state index contributed by atoms with van der Waals surface area (Å²) >= 11 is 8.42. The Balaban J connectivity index is 1.69. The molecule has 0 spiro atoms. The van der Waals surface area contributed by atoms with Crippen LogP contribution in [-0.4, -0.2) is 45.6 Å². The third kappa shape index (κ3) is 6.42. The summed E-state index contributed by atoms with van der Waals surface area (Å²) in [6.07, 6.45) is 0. The molecule has 0 unspecified atom stereocenters. The van der Waals surface area contributed by atoms with E-state index in [-0.39, 0.29) is 30.6 Å². The van der Waals surface area contributed by atoms with Crippen LogP contribution in [0.25, 0.3) is 10.2 Å². The van der Waals surface area contributed by atoms with Crippen LogP contribution >= 0.6 is 34.7 Å². The molecule has 0 saturated carbocycles. The van der Waals surface area contributed by atoms with E-state index in [9.17, 15) is 14.4 Å². The van der Waals surface area contributed by atoms with E-state index in [4.69, 9.17) is 20.9 Å². The van der Waals surface area contributed by atoms with Crippen molar-refractivity contribution in [2.24, 2.45) is 4.99 Å². The van der Waals surface area contributed by atoms with Crippen LogP contribution in [0.15, 0.2) is 33.8 Å². The van der Waals surface area contributed by atoms with Gasteiger partial charge in [0.25, 0.3) is 5.91 Å². The number of nitrogens with one attached hydrogen (secondary N) is 1. The number of ether oxygens (including phenoxy) is 1. The molecule has 1 aromatic carbocycles. The van der Waals surface area contributed by atoms with E-state index in [1.54, 1.807) is 42.7 Å². The molecule has 3 aromatic rings. The topological polar surface area (TPSA) is 116 Å². The van der Waals surface area contributed by atoms with Gasteiger partial charge in [0.15, 0.2) is 10.6 Å². The normalized spacial score (nSPS) is 11.6. The Bertz CT molecular complexity index is 1180. The quantitative estimate of drug-likeness (QED) is 0.490. The van der Waals surface area contributed by atoms with Gasteiger partial charge in [-0.1, -0.05) is 28.1 Å². The van der Waals surface area contributed by atoms with Crippen LogP contribution in [0.4, 0.5) is 5.82 Å². The van der Waals surface area contributed by atoms with Gasteiger partial charge < -0.3 is 19.1 Å². The first kappa shape index (κ1) is 23.0. The zero-order valence-corrected chi connectivity index (χ0v) is 19.1. The standard InChI is InChI=1S/C19H19ClN4O5S2/c1-3-28-18(27)8-24-13-5-4-12(20)7-14(13)31-19(24)22-17(26)10-30-9-16(25)21-15-6-11(2)29-23-15/h4-7H,3,8-10H2,1-2H3,(H,21,23,25). The SMILES string of the molecule is CCOC(=O)Cn1c(=NC(=O)CSCC(=O)Nc2cc(C)on2)sc2cc(Cl)ccc21. The molecule has 2 amide bonds. The summed E-state index contributed by atoms with van der Waals surface area (Å²) in [6, 6.07) is 6.81. The van der Waals surface area contributed by atoms with Crippen LogP contribution in [0.1, 0.15) is 12.7 Å². The number of hydrogen-bond donors (Lipinski definition) is 1. The highest BCUT2D eigenvalue weighted by molar-refractivity contribution is 8.00.